The van der Waals surface area contributed by atoms with E-state index in [0.29, 0.717) is 12.5 Å². The van der Waals surface area contributed by atoms with Crippen LogP contribution in [0, 0.1) is 11.7 Å². The van der Waals surface area contributed by atoms with Crippen LogP contribution in [0.5, 0.6) is 5.75 Å². The molecule has 19 heavy (non-hydrogen) atoms. The van der Waals surface area contributed by atoms with Gasteiger partial charge in [0.25, 0.3) is 0 Å². The van der Waals surface area contributed by atoms with Crippen LogP contribution < -0.4 is 4.74 Å². The fourth-order valence-corrected chi connectivity index (χ4v) is 2.82. The molecule has 0 amide bonds. The summed E-state index contributed by atoms with van der Waals surface area (Å²) in [6, 6.07) is 5.05. The standard InChI is InChI=1S/C15H22FNO2/c1-17(10-12-4-3-5-14(12)18)9-11-6-7-15(19-2)13(16)8-11/h6-8,12,14,18H,3-5,9-10H2,1-2H3. The molecule has 2 atom stereocenters. The molecule has 1 N–H and O–H groups in total. The molecular formula is C15H22FNO2. The second-order valence-electron chi connectivity index (χ2n) is 5.42. The van der Waals surface area contributed by atoms with E-state index in [4.69, 9.17) is 4.74 Å². The molecule has 1 aromatic carbocycles. The van der Waals surface area contributed by atoms with Crippen LogP contribution in [0.25, 0.3) is 0 Å². The number of benzene rings is 1. The Morgan fingerprint density at radius 3 is 2.79 bits per heavy atom. The lowest BCUT2D eigenvalue weighted by Gasteiger charge is -2.23. The van der Waals surface area contributed by atoms with E-state index >= 15 is 0 Å². The third-order valence-electron chi connectivity index (χ3n) is 3.83. The first kappa shape index (κ1) is 14.3. The lowest BCUT2D eigenvalue weighted by atomic mass is 10.1. The molecule has 1 saturated carbocycles. The van der Waals surface area contributed by atoms with Crippen molar-refractivity contribution in [2.45, 2.75) is 31.9 Å². The summed E-state index contributed by atoms with van der Waals surface area (Å²) in [4.78, 5) is 2.14. The van der Waals surface area contributed by atoms with Crippen molar-refractivity contribution in [2.75, 3.05) is 20.7 Å². The van der Waals surface area contributed by atoms with Crippen molar-refractivity contribution in [3.8, 4) is 5.75 Å². The van der Waals surface area contributed by atoms with Crippen LogP contribution in [0.4, 0.5) is 4.39 Å². The van der Waals surface area contributed by atoms with Crippen LogP contribution in [0.3, 0.4) is 0 Å². The highest BCUT2D eigenvalue weighted by atomic mass is 19.1. The van der Waals surface area contributed by atoms with Crippen LogP contribution in [0.1, 0.15) is 24.8 Å². The molecule has 2 unspecified atom stereocenters. The van der Waals surface area contributed by atoms with Crippen LogP contribution in [0.15, 0.2) is 18.2 Å². The third-order valence-corrected chi connectivity index (χ3v) is 3.83. The topological polar surface area (TPSA) is 32.7 Å². The molecule has 0 saturated heterocycles. The zero-order valence-corrected chi connectivity index (χ0v) is 11.6. The van der Waals surface area contributed by atoms with Gasteiger partial charge < -0.3 is 14.7 Å². The number of halogens is 1. The Bertz CT molecular complexity index is 425. The van der Waals surface area contributed by atoms with Gasteiger partial charge in [0.1, 0.15) is 0 Å². The van der Waals surface area contributed by atoms with Crippen molar-refractivity contribution in [3.63, 3.8) is 0 Å². The minimum atomic E-state index is -0.325. The first-order chi connectivity index (χ1) is 9.10. The molecule has 1 fully saturated rings. The molecule has 0 aliphatic heterocycles. The number of aliphatic hydroxyl groups excluding tert-OH is 1. The molecule has 3 nitrogen and oxygen atoms in total. The molecule has 0 bridgehead atoms. The Morgan fingerprint density at radius 1 is 1.42 bits per heavy atom. The number of nitrogens with zero attached hydrogens (tertiary/aromatic N) is 1. The van der Waals surface area contributed by atoms with Gasteiger partial charge in [0.15, 0.2) is 11.6 Å². The Balaban J connectivity index is 1.91. The molecule has 1 aromatic rings. The number of ether oxygens (including phenoxy) is 1. The predicted octanol–water partition coefficient (Wildman–Crippen LogP) is 2.43. The lowest BCUT2D eigenvalue weighted by Crippen LogP contribution is -2.29. The van der Waals surface area contributed by atoms with E-state index in [-0.39, 0.29) is 17.7 Å². The first-order valence-corrected chi connectivity index (χ1v) is 6.79. The summed E-state index contributed by atoms with van der Waals surface area (Å²) in [5.41, 5.74) is 0.924. The highest BCUT2D eigenvalue weighted by molar-refractivity contribution is 5.29. The largest absolute Gasteiger partial charge is 0.494 e. The Hall–Kier alpha value is -1.13. The maximum atomic E-state index is 13.6. The van der Waals surface area contributed by atoms with E-state index in [1.807, 2.05) is 13.1 Å². The summed E-state index contributed by atoms with van der Waals surface area (Å²) < 4.78 is 18.5. The van der Waals surface area contributed by atoms with Gasteiger partial charge in [-0.2, -0.15) is 0 Å². The monoisotopic (exact) mass is 267 g/mol. The van der Waals surface area contributed by atoms with E-state index in [1.165, 1.54) is 13.2 Å². The third kappa shape index (κ3) is 3.67. The van der Waals surface area contributed by atoms with Gasteiger partial charge in [-0.1, -0.05) is 12.5 Å². The summed E-state index contributed by atoms with van der Waals surface area (Å²) in [6.45, 7) is 1.54. The van der Waals surface area contributed by atoms with Gasteiger partial charge in [0, 0.05) is 13.1 Å². The molecule has 0 radical (unpaired) electrons. The van der Waals surface area contributed by atoms with Gasteiger partial charge in [-0.15, -0.1) is 0 Å². The summed E-state index contributed by atoms with van der Waals surface area (Å²) >= 11 is 0. The second-order valence-corrected chi connectivity index (χ2v) is 5.42. The highest BCUT2D eigenvalue weighted by Gasteiger charge is 2.26. The average molecular weight is 267 g/mol. The van der Waals surface area contributed by atoms with Gasteiger partial charge in [0.05, 0.1) is 13.2 Å². The summed E-state index contributed by atoms with van der Waals surface area (Å²) in [6.07, 6.45) is 2.93. The minimum Gasteiger partial charge on any atom is -0.494 e. The molecular weight excluding hydrogens is 245 g/mol. The summed E-state index contributed by atoms with van der Waals surface area (Å²) in [5.74, 6) is 0.306. The van der Waals surface area contributed by atoms with E-state index in [9.17, 15) is 9.50 Å². The average Bonchev–Trinajstić information content (AvgIpc) is 2.75. The van der Waals surface area contributed by atoms with E-state index < -0.39 is 0 Å². The van der Waals surface area contributed by atoms with Gasteiger partial charge >= 0.3 is 0 Å². The first-order valence-electron chi connectivity index (χ1n) is 6.79. The van der Waals surface area contributed by atoms with Crippen LogP contribution in [-0.2, 0) is 6.54 Å². The Kier molecular flexibility index (Phi) is 4.77. The van der Waals surface area contributed by atoms with Crippen molar-refractivity contribution < 1.29 is 14.2 Å². The number of hydrogen-bond donors (Lipinski definition) is 1. The molecule has 106 valence electrons. The number of rotatable bonds is 5. The molecule has 1 aliphatic carbocycles. The molecule has 2 rings (SSSR count). The predicted molar refractivity (Wildman–Crippen MR) is 72.6 cm³/mol. The molecule has 1 aliphatic rings. The maximum absolute atomic E-state index is 13.6. The van der Waals surface area contributed by atoms with Gasteiger partial charge in [-0.3, -0.25) is 0 Å². The van der Waals surface area contributed by atoms with Crippen LogP contribution in [-0.4, -0.2) is 36.8 Å². The SMILES string of the molecule is COc1ccc(CN(C)CC2CCCC2O)cc1F. The van der Waals surface area contributed by atoms with Crippen molar-refractivity contribution >= 4 is 0 Å². The molecule has 0 aromatic heterocycles. The van der Waals surface area contributed by atoms with Gasteiger partial charge in [-0.25, -0.2) is 4.39 Å². The fraction of sp³-hybridized carbons (Fsp3) is 0.600. The smallest absolute Gasteiger partial charge is 0.165 e. The molecule has 0 heterocycles. The fourth-order valence-electron chi connectivity index (χ4n) is 2.82. The van der Waals surface area contributed by atoms with Crippen molar-refractivity contribution in [1.82, 2.24) is 4.90 Å². The van der Waals surface area contributed by atoms with Crippen molar-refractivity contribution in [1.29, 1.82) is 0 Å². The molecule has 0 spiro atoms. The molecule has 4 heteroatoms. The summed E-state index contributed by atoms with van der Waals surface area (Å²) in [5, 5.41) is 9.81. The van der Waals surface area contributed by atoms with Crippen molar-refractivity contribution in [3.05, 3.63) is 29.6 Å². The zero-order valence-electron chi connectivity index (χ0n) is 11.6. The number of methoxy groups -OCH3 is 1. The quantitative estimate of drug-likeness (QED) is 0.889. The maximum Gasteiger partial charge on any atom is 0.165 e. The van der Waals surface area contributed by atoms with E-state index in [0.717, 1.165) is 31.4 Å². The van der Waals surface area contributed by atoms with Crippen LogP contribution >= 0.6 is 0 Å². The van der Waals surface area contributed by atoms with Crippen LogP contribution in [0.2, 0.25) is 0 Å². The van der Waals surface area contributed by atoms with E-state index in [2.05, 4.69) is 4.90 Å². The zero-order chi connectivity index (χ0) is 13.8. The minimum absolute atomic E-state index is 0.171. The number of hydrogen-bond acceptors (Lipinski definition) is 3. The van der Waals surface area contributed by atoms with Gasteiger partial charge in [0.2, 0.25) is 0 Å². The normalized spacial score (nSPS) is 23.0. The van der Waals surface area contributed by atoms with Crippen molar-refractivity contribution in [2.24, 2.45) is 5.92 Å². The summed E-state index contributed by atoms with van der Waals surface area (Å²) in [7, 11) is 3.47. The van der Waals surface area contributed by atoms with E-state index in [1.54, 1.807) is 6.07 Å². The highest BCUT2D eigenvalue weighted by Crippen LogP contribution is 2.26. The second kappa shape index (κ2) is 6.35. The lowest BCUT2D eigenvalue weighted by molar-refractivity contribution is 0.108. The van der Waals surface area contributed by atoms with Gasteiger partial charge in [-0.05, 0) is 43.5 Å². The number of aliphatic hydroxyl groups is 1. The Morgan fingerprint density at radius 2 is 2.21 bits per heavy atom. The Labute approximate surface area is 114 Å².